The second kappa shape index (κ2) is 2.61. The average Bonchev–Trinajstić information content (AvgIpc) is 1.35. The van der Waals surface area contributed by atoms with Crippen LogP contribution in [0.2, 0.25) is 0 Å². The molecule has 0 saturated carbocycles. The first-order valence-corrected chi connectivity index (χ1v) is 8.80. The summed E-state index contributed by atoms with van der Waals surface area (Å²) in [4.78, 5) is 0. The van der Waals surface area contributed by atoms with Crippen LogP contribution >= 0.6 is 49.8 Å². The molecule has 0 atom stereocenters. The van der Waals surface area contributed by atoms with E-state index >= 15 is 0 Å². The van der Waals surface area contributed by atoms with Crippen LogP contribution in [-0.4, -0.2) is 0 Å². The van der Waals surface area contributed by atoms with Gasteiger partial charge in [0.1, 0.15) is 0 Å². The summed E-state index contributed by atoms with van der Waals surface area (Å²) in [7, 11) is 0. The van der Waals surface area contributed by atoms with E-state index in [0.717, 1.165) is 0 Å². The van der Waals surface area contributed by atoms with Crippen molar-refractivity contribution in [1.82, 2.24) is 0 Å². The Morgan fingerprint density at radius 3 is 1.50 bits per heavy atom. The van der Waals surface area contributed by atoms with Crippen LogP contribution in [-0.2, 0) is 0 Å². The van der Waals surface area contributed by atoms with Crippen molar-refractivity contribution < 1.29 is 0 Å². The lowest BCUT2D eigenvalue weighted by Crippen LogP contribution is -1.37. The second-order valence-electron chi connectivity index (χ2n) is 0.545. The van der Waals surface area contributed by atoms with Gasteiger partial charge < -0.3 is 0 Å². The smallest absolute Gasteiger partial charge is 0.148 e. The Bertz CT molecular complexity index is 77.8. The lowest BCUT2D eigenvalue weighted by molar-refractivity contribution is 1.57. The largest absolute Gasteiger partial charge is 0.323 e. The van der Waals surface area contributed by atoms with Gasteiger partial charge in [-0.25, -0.2) is 0 Å². The van der Waals surface area contributed by atoms with Gasteiger partial charge in [-0.2, -0.15) is 0 Å². The molecule has 0 fully saturated rings. The van der Waals surface area contributed by atoms with E-state index in [4.69, 9.17) is 5.26 Å². The van der Waals surface area contributed by atoms with Crippen LogP contribution in [0.1, 0.15) is 0 Å². The van der Waals surface area contributed by atoms with E-state index in [9.17, 15) is 0 Å². The normalized spacial score (nSPS) is 10.3. The molecule has 0 bridgehead atoms. The van der Waals surface area contributed by atoms with E-state index in [2.05, 4.69) is 46.5 Å². The van der Waals surface area contributed by atoms with Crippen LogP contribution in [0.25, 0.3) is 0 Å². The monoisotopic (exact) mass is 294 g/mol. The summed E-state index contributed by atoms with van der Waals surface area (Å²) < 4.78 is -1.65. The Kier molecular flexibility index (Phi) is 3.21. The van der Waals surface area contributed by atoms with Crippen molar-refractivity contribution in [1.29, 1.82) is 5.26 Å². The minimum absolute atomic E-state index is 1.65. The van der Waals surface area contributed by atoms with Crippen molar-refractivity contribution in [3.63, 3.8) is 0 Å². The van der Waals surface area contributed by atoms with Gasteiger partial charge in [0.05, 0.1) is 0 Å². The molecule has 0 amide bonds. The summed E-state index contributed by atoms with van der Waals surface area (Å²) in [6.07, 6.45) is 0. The summed E-state index contributed by atoms with van der Waals surface area (Å²) in [6.45, 7) is 0. The maximum Gasteiger partial charge on any atom is 0.323 e. The minimum Gasteiger partial charge on any atom is -0.148 e. The third-order valence-corrected chi connectivity index (χ3v) is 1.77. The van der Waals surface area contributed by atoms with Crippen molar-refractivity contribution >= 4 is 49.8 Å². The molecule has 1 nitrogen and oxygen atoms in total. The minimum atomic E-state index is -1.65. The van der Waals surface area contributed by atoms with Crippen molar-refractivity contribution in [2.75, 3.05) is 0 Å². The van der Waals surface area contributed by atoms with E-state index in [-0.39, 0.29) is 0 Å². The van der Waals surface area contributed by atoms with Crippen LogP contribution in [0.15, 0.2) is 0 Å². The van der Waals surface area contributed by atoms with Gasteiger partial charge in [-0.05, 0) is 0 Å². The highest BCUT2D eigenvalue weighted by molar-refractivity contribution is 9.97. The Balaban J connectivity index is 3.55. The van der Waals surface area contributed by atoms with Crippen LogP contribution in [0.3, 0.4) is 0 Å². The van der Waals surface area contributed by atoms with Gasteiger partial charge in [0.2, 0.25) is 0 Å². The predicted octanol–water partition coefficient (Wildman–Crippen LogP) is 3.41. The quantitative estimate of drug-likeness (QED) is 0.628. The molecule has 0 N–H and O–H groups in total. The SMILES string of the molecule is N#C[P+](Br)(Br)Br. The molecule has 34 valence electrons. The fourth-order valence-corrected chi connectivity index (χ4v) is 0. The highest BCUT2D eigenvalue weighted by Crippen LogP contribution is 2.79. The van der Waals surface area contributed by atoms with Gasteiger partial charge in [-0.3, -0.25) is 0 Å². The van der Waals surface area contributed by atoms with E-state index in [0.29, 0.717) is 0 Å². The number of nitrogens with zero attached hydrogens (tertiary/aromatic N) is 1. The fourth-order valence-electron chi connectivity index (χ4n) is 0. The lowest BCUT2D eigenvalue weighted by Gasteiger charge is -1.76. The van der Waals surface area contributed by atoms with Crippen LogP contribution in [0.5, 0.6) is 0 Å². The Labute approximate surface area is 60.7 Å². The zero-order valence-electron chi connectivity index (χ0n) is 2.53. The Morgan fingerprint density at radius 1 is 1.33 bits per heavy atom. The van der Waals surface area contributed by atoms with Gasteiger partial charge in [-0.1, -0.05) is 0 Å². The molecule has 0 saturated heterocycles. The van der Waals surface area contributed by atoms with Crippen LogP contribution < -0.4 is 0 Å². The maximum atomic E-state index is 8.06. The molecule has 0 aromatic heterocycles. The molecule has 0 aromatic rings. The van der Waals surface area contributed by atoms with Crippen LogP contribution in [0, 0.1) is 11.1 Å². The summed E-state index contributed by atoms with van der Waals surface area (Å²) in [6, 6.07) is 0. The highest BCUT2D eigenvalue weighted by atomic mass is 80.0. The van der Waals surface area contributed by atoms with Crippen molar-refractivity contribution in [2.45, 2.75) is 0 Å². The van der Waals surface area contributed by atoms with Crippen LogP contribution in [0.4, 0.5) is 0 Å². The molecule has 0 aliphatic heterocycles. The molecule has 0 aliphatic rings. The zero-order chi connectivity index (χ0) is 5.21. The molecule has 0 radical (unpaired) electrons. The molecular weight excluding hydrogens is 297 g/mol. The average molecular weight is 297 g/mol. The van der Waals surface area contributed by atoms with Crippen molar-refractivity contribution in [3.8, 4) is 5.81 Å². The maximum absolute atomic E-state index is 8.06. The molecule has 0 aliphatic carbocycles. The Hall–Kier alpha value is 1.36. The van der Waals surface area contributed by atoms with Crippen molar-refractivity contribution in [2.24, 2.45) is 0 Å². The second-order valence-corrected chi connectivity index (χ2v) is 19.8. The summed E-state index contributed by atoms with van der Waals surface area (Å²) in [5, 5.41) is 8.06. The molecular formula is CBr3NP+. The number of nitriles is 1. The van der Waals surface area contributed by atoms with E-state index in [1.54, 1.807) is 0 Å². The first-order valence-electron chi connectivity index (χ1n) is 0.954. The Morgan fingerprint density at radius 2 is 1.50 bits per heavy atom. The zero-order valence-corrected chi connectivity index (χ0v) is 8.18. The number of rotatable bonds is 0. The molecule has 0 heterocycles. The summed E-state index contributed by atoms with van der Waals surface area (Å²) in [5.74, 6) is 1.97. The number of hydrogen-bond donors (Lipinski definition) is 0. The van der Waals surface area contributed by atoms with Gasteiger partial charge in [0, 0.05) is 0 Å². The van der Waals surface area contributed by atoms with Gasteiger partial charge in [-0.15, -0.1) is 5.26 Å². The standard InChI is InChI=1S/CBr3NP/c2-6(3,4)1-5/q+1. The molecule has 6 heavy (non-hydrogen) atoms. The van der Waals surface area contributed by atoms with Crippen molar-refractivity contribution in [3.05, 3.63) is 0 Å². The predicted molar refractivity (Wildman–Crippen MR) is 39.3 cm³/mol. The summed E-state index contributed by atoms with van der Waals surface area (Å²) in [5.41, 5.74) is 0. The van der Waals surface area contributed by atoms with E-state index < -0.39 is 3.37 Å². The topological polar surface area (TPSA) is 23.8 Å². The first-order chi connectivity index (χ1) is 2.56. The van der Waals surface area contributed by atoms with Gasteiger partial charge >= 0.3 is 3.37 Å². The molecule has 5 heteroatoms. The highest BCUT2D eigenvalue weighted by Gasteiger charge is 2.29. The lowest BCUT2D eigenvalue weighted by atomic mass is 11.8. The molecule has 0 rings (SSSR count). The van der Waals surface area contributed by atoms with Gasteiger partial charge in [0.25, 0.3) is 5.81 Å². The molecule has 0 aromatic carbocycles. The molecule has 0 spiro atoms. The van der Waals surface area contributed by atoms with Gasteiger partial charge in [0.15, 0.2) is 46.5 Å². The first kappa shape index (κ1) is 7.36. The molecule has 0 unspecified atom stereocenters. The van der Waals surface area contributed by atoms with E-state index in [1.807, 2.05) is 5.81 Å². The number of halogens is 3. The third-order valence-electron chi connectivity index (χ3n) is 0.113. The number of hydrogen-bond acceptors (Lipinski definition) is 1. The fraction of sp³-hybridized carbons (Fsp3) is 0. The summed E-state index contributed by atoms with van der Waals surface area (Å²) >= 11 is 9.18. The van der Waals surface area contributed by atoms with E-state index in [1.165, 1.54) is 0 Å². The third kappa shape index (κ3) is 5.36.